The second-order valence-electron chi connectivity index (χ2n) is 11.5. The van der Waals surface area contributed by atoms with Crippen LogP contribution in [0.3, 0.4) is 0 Å². The van der Waals surface area contributed by atoms with Crippen molar-refractivity contribution in [2.24, 2.45) is 0 Å². The molecule has 3 heterocycles. The zero-order valence-corrected chi connectivity index (χ0v) is 22.6. The molecule has 0 radical (unpaired) electrons. The molecule has 0 aliphatic heterocycles. The molecule has 3 aromatic heterocycles. The predicted molar refractivity (Wildman–Crippen MR) is 166 cm³/mol. The van der Waals surface area contributed by atoms with Gasteiger partial charge >= 0.3 is 0 Å². The highest BCUT2D eigenvalue weighted by atomic mass is 16.1. The third-order valence-corrected chi connectivity index (χ3v) is 8.91. The maximum Gasteiger partial charge on any atom is 0.267 e. The first-order valence-corrected chi connectivity index (χ1v) is 13.9. The molecule has 1 aliphatic carbocycles. The van der Waals surface area contributed by atoms with Crippen LogP contribution in [0, 0.1) is 0 Å². The van der Waals surface area contributed by atoms with Gasteiger partial charge in [0, 0.05) is 10.8 Å². The second-order valence-corrected chi connectivity index (χ2v) is 11.5. The van der Waals surface area contributed by atoms with E-state index in [9.17, 15) is 4.79 Å². The van der Waals surface area contributed by atoms with Crippen LogP contribution < -0.4 is 5.56 Å². The van der Waals surface area contributed by atoms with Gasteiger partial charge in [-0.25, -0.2) is 14.4 Å². The Labute approximate surface area is 235 Å². The summed E-state index contributed by atoms with van der Waals surface area (Å²) in [5, 5.41) is 1.51. The molecule has 0 atom stereocenters. The maximum atomic E-state index is 14.3. The molecule has 9 rings (SSSR count). The summed E-state index contributed by atoms with van der Waals surface area (Å²) in [7, 11) is 0. The van der Waals surface area contributed by atoms with E-state index in [0.29, 0.717) is 16.7 Å². The summed E-state index contributed by atoms with van der Waals surface area (Å²) in [4.78, 5) is 24.3. The third-order valence-electron chi connectivity index (χ3n) is 8.91. The summed E-state index contributed by atoms with van der Waals surface area (Å²) in [6.45, 7) is 4.58. The van der Waals surface area contributed by atoms with Crippen molar-refractivity contribution in [2.45, 2.75) is 19.3 Å². The molecule has 0 spiro atoms. The predicted octanol–water partition coefficient (Wildman–Crippen LogP) is 7.78. The van der Waals surface area contributed by atoms with Gasteiger partial charge in [0.25, 0.3) is 5.56 Å². The molecular weight excluding hydrogens is 504 g/mol. The summed E-state index contributed by atoms with van der Waals surface area (Å²) in [6, 6.07) is 37.3. The Kier molecular flexibility index (Phi) is 4.21. The van der Waals surface area contributed by atoms with Gasteiger partial charge in [0.05, 0.1) is 27.5 Å². The summed E-state index contributed by atoms with van der Waals surface area (Å²) in [6.07, 6.45) is 0. The van der Waals surface area contributed by atoms with Gasteiger partial charge < -0.3 is 0 Å². The van der Waals surface area contributed by atoms with Crippen LogP contribution in [0.4, 0.5) is 0 Å². The van der Waals surface area contributed by atoms with E-state index in [-0.39, 0.29) is 11.0 Å². The van der Waals surface area contributed by atoms with Crippen LogP contribution in [-0.2, 0) is 5.41 Å². The molecular formula is C36H24N4O. The summed E-state index contributed by atoms with van der Waals surface area (Å²) in [5.41, 5.74) is 11.2. The number of rotatable bonds is 1. The lowest BCUT2D eigenvalue weighted by Gasteiger charge is -2.22. The highest BCUT2D eigenvalue weighted by molar-refractivity contribution is 5.99. The van der Waals surface area contributed by atoms with Gasteiger partial charge in [-0.1, -0.05) is 80.6 Å². The van der Waals surface area contributed by atoms with Gasteiger partial charge in [0.15, 0.2) is 0 Å². The number of aromatic nitrogens is 4. The minimum Gasteiger partial charge on any atom is -0.268 e. The number of hydrogen-bond donors (Lipinski definition) is 0. The fourth-order valence-corrected chi connectivity index (χ4v) is 6.87. The zero-order chi connectivity index (χ0) is 27.5. The lowest BCUT2D eigenvalue weighted by Crippen LogP contribution is -2.18. The first-order chi connectivity index (χ1) is 20.0. The zero-order valence-electron chi connectivity index (χ0n) is 22.6. The SMILES string of the molecule is CC1(C)c2ccccc2-c2ccc(-c3ccc4nc5n(c(=O)c4c3)c3ccccc3c3nc4ccccc4n35)cc21. The molecule has 0 fully saturated rings. The van der Waals surface area contributed by atoms with E-state index in [4.69, 9.17) is 9.97 Å². The first-order valence-electron chi connectivity index (χ1n) is 13.9. The van der Waals surface area contributed by atoms with E-state index in [1.165, 1.54) is 22.3 Å². The molecule has 8 aromatic rings. The molecule has 0 N–H and O–H groups in total. The Morgan fingerprint density at radius 1 is 0.585 bits per heavy atom. The van der Waals surface area contributed by atoms with Gasteiger partial charge in [-0.3, -0.25) is 9.20 Å². The highest BCUT2D eigenvalue weighted by Crippen LogP contribution is 2.49. The van der Waals surface area contributed by atoms with Crippen molar-refractivity contribution in [3.05, 3.63) is 131 Å². The Morgan fingerprint density at radius 2 is 1.29 bits per heavy atom. The maximum absolute atomic E-state index is 14.3. The van der Waals surface area contributed by atoms with Gasteiger partial charge in [-0.2, -0.15) is 0 Å². The molecule has 0 saturated carbocycles. The van der Waals surface area contributed by atoms with Crippen LogP contribution >= 0.6 is 0 Å². The van der Waals surface area contributed by atoms with E-state index in [0.717, 1.165) is 38.7 Å². The number of nitrogens with zero attached hydrogens (tertiary/aromatic N) is 4. The van der Waals surface area contributed by atoms with Crippen molar-refractivity contribution in [1.82, 2.24) is 18.8 Å². The van der Waals surface area contributed by atoms with Crippen LogP contribution in [-0.4, -0.2) is 18.8 Å². The Bertz CT molecular complexity index is 2480. The van der Waals surface area contributed by atoms with E-state index in [1.807, 2.05) is 65.1 Å². The lowest BCUT2D eigenvalue weighted by molar-refractivity contribution is 0.660. The Morgan fingerprint density at radius 3 is 2.20 bits per heavy atom. The molecule has 0 unspecified atom stereocenters. The van der Waals surface area contributed by atoms with E-state index in [1.54, 1.807) is 4.40 Å². The van der Waals surface area contributed by atoms with Gasteiger partial charge in [-0.05, 0) is 75.8 Å². The van der Waals surface area contributed by atoms with Crippen LogP contribution in [0.25, 0.3) is 66.5 Å². The molecule has 0 saturated heterocycles. The van der Waals surface area contributed by atoms with Gasteiger partial charge in [0.2, 0.25) is 5.78 Å². The average molecular weight is 529 g/mol. The van der Waals surface area contributed by atoms with E-state index in [2.05, 4.69) is 62.4 Å². The number of hydrogen-bond acceptors (Lipinski definition) is 3. The summed E-state index contributed by atoms with van der Waals surface area (Å²) in [5.74, 6) is 0.565. The molecule has 194 valence electrons. The molecule has 0 amide bonds. The molecule has 5 nitrogen and oxygen atoms in total. The van der Waals surface area contributed by atoms with Crippen molar-refractivity contribution < 1.29 is 0 Å². The van der Waals surface area contributed by atoms with Crippen LogP contribution in [0.1, 0.15) is 25.0 Å². The molecule has 41 heavy (non-hydrogen) atoms. The van der Waals surface area contributed by atoms with Crippen molar-refractivity contribution in [3.63, 3.8) is 0 Å². The van der Waals surface area contributed by atoms with Crippen LogP contribution in [0.15, 0.2) is 114 Å². The summed E-state index contributed by atoms with van der Waals surface area (Å²) < 4.78 is 3.75. The monoisotopic (exact) mass is 528 g/mol. The molecule has 5 heteroatoms. The fraction of sp³-hybridized carbons (Fsp3) is 0.0833. The van der Waals surface area contributed by atoms with Crippen LogP contribution in [0.5, 0.6) is 0 Å². The fourth-order valence-electron chi connectivity index (χ4n) is 6.87. The smallest absolute Gasteiger partial charge is 0.267 e. The third kappa shape index (κ3) is 2.87. The lowest BCUT2D eigenvalue weighted by atomic mass is 9.81. The van der Waals surface area contributed by atoms with Crippen LogP contribution in [0.2, 0.25) is 0 Å². The summed E-state index contributed by atoms with van der Waals surface area (Å²) >= 11 is 0. The topological polar surface area (TPSA) is 51.7 Å². The number of para-hydroxylation sites is 3. The molecule has 0 bridgehead atoms. The average Bonchev–Trinajstić information content (AvgIpc) is 3.51. The van der Waals surface area contributed by atoms with Crippen molar-refractivity contribution >= 4 is 44.3 Å². The molecule has 1 aliphatic rings. The Hall–Kier alpha value is -5.29. The minimum absolute atomic E-state index is 0.0865. The van der Waals surface area contributed by atoms with E-state index < -0.39 is 0 Å². The minimum atomic E-state index is -0.0893. The van der Waals surface area contributed by atoms with Crippen molar-refractivity contribution in [3.8, 4) is 22.3 Å². The molecule has 5 aromatic carbocycles. The number of benzene rings is 5. The standard InChI is InChI=1S/C36H24N4O/c1-36(2)27-11-5-3-9-23(27)24-17-15-22(20-28(24)36)21-16-18-29-26(19-21)34(41)40-31-13-7-4-10-25(31)33-37-30-12-6-8-14-32(30)39(33)35(40)38-29/h3-20H,1-2H3. The Balaban J connectivity index is 1.32. The second kappa shape index (κ2) is 7.67. The quantitative estimate of drug-likeness (QED) is 0.162. The van der Waals surface area contributed by atoms with Gasteiger partial charge in [0.1, 0.15) is 5.65 Å². The highest BCUT2D eigenvalue weighted by Gasteiger charge is 2.35. The van der Waals surface area contributed by atoms with Gasteiger partial charge in [-0.15, -0.1) is 0 Å². The first kappa shape index (κ1) is 22.5. The van der Waals surface area contributed by atoms with E-state index >= 15 is 0 Å². The largest absolute Gasteiger partial charge is 0.268 e. The number of fused-ring (bicyclic) bond motifs is 12. The normalized spacial score (nSPS) is 13.9. The van der Waals surface area contributed by atoms with Crippen molar-refractivity contribution in [1.29, 1.82) is 0 Å². The number of imidazole rings is 1. The van der Waals surface area contributed by atoms with Crippen molar-refractivity contribution in [2.75, 3.05) is 0 Å².